The maximum absolute atomic E-state index is 5.53. The standard InChI is InChI=1S/C14H19N3O2/c1-9-6-13(19-3)10(7-12(9)18-2)11-8-16-14(17-11)4-5-15/h6-8H,4-5,15H2,1-3H3,(H,16,17). The van der Waals surface area contributed by atoms with Gasteiger partial charge in [0.2, 0.25) is 0 Å². The fourth-order valence-corrected chi connectivity index (χ4v) is 2.02. The number of H-pyrrole nitrogens is 1. The van der Waals surface area contributed by atoms with Gasteiger partial charge in [-0.25, -0.2) is 4.98 Å². The Balaban J connectivity index is 2.46. The first kappa shape index (κ1) is 13.4. The Labute approximate surface area is 112 Å². The van der Waals surface area contributed by atoms with Crippen LogP contribution < -0.4 is 15.2 Å². The van der Waals surface area contributed by atoms with Gasteiger partial charge in [-0.3, -0.25) is 0 Å². The van der Waals surface area contributed by atoms with E-state index in [0.717, 1.165) is 40.6 Å². The summed E-state index contributed by atoms with van der Waals surface area (Å²) < 4.78 is 10.8. The molecule has 0 aliphatic rings. The second-order valence-electron chi connectivity index (χ2n) is 4.30. The van der Waals surface area contributed by atoms with Crippen molar-refractivity contribution < 1.29 is 9.47 Å². The average Bonchev–Trinajstić information content (AvgIpc) is 2.87. The summed E-state index contributed by atoms with van der Waals surface area (Å²) in [5.74, 6) is 2.49. The molecule has 3 N–H and O–H groups in total. The Morgan fingerprint density at radius 2 is 1.95 bits per heavy atom. The van der Waals surface area contributed by atoms with E-state index >= 15 is 0 Å². The lowest BCUT2D eigenvalue weighted by Crippen LogP contribution is -2.03. The number of aromatic nitrogens is 2. The minimum atomic E-state index is 0.571. The zero-order chi connectivity index (χ0) is 13.8. The number of ether oxygens (including phenoxy) is 2. The third kappa shape index (κ3) is 2.71. The number of rotatable bonds is 5. The second-order valence-corrected chi connectivity index (χ2v) is 4.30. The maximum Gasteiger partial charge on any atom is 0.128 e. The minimum Gasteiger partial charge on any atom is -0.496 e. The number of methoxy groups -OCH3 is 2. The number of hydrogen-bond donors (Lipinski definition) is 2. The van der Waals surface area contributed by atoms with Crippen molar-refractivity contribution in [2.45, 2.75) is 13.3 Å². The number of aromatic amines is 1. The van der Waals surface area contributed by atoms with E-state index in [1.165, 1.54) is 0 Å². The van der Waals surface area contributed by atoms with Crippen LogP contribution in [0.1, 0.15) is 11.4 Å². The summed E-state index contributed by atoms with van der Waals surface area (Å²) in [6.45, 7) is 2.55. The largest absolute Gasteiger partial charge is 0.496 e. The summed E-state index contributed by atoms with van der Waals surface area (Å²) in [6, 6.07) is 3.91. The molecule has 0 spiro atoms. The SMILES string of the molecule is COc1cc(-c2cnc(CCN)[nH]2)c(OC)cc1C. The average molecular weight is 261 g/mol. The second kappa shape index (κ2) is 5.75. The van der Waals surface area contributed by atoms with E-state index < -0.39 is 0 Å². The lowest BCUT2D eigenvalue weighted by molar-refractivity contribution is 0.401. The molecule has 0 saturated carbocycles. The first-order chi connectivity index (χ1) is 9.19. The number of imidazole rings is 1. The lowest BCUT2D eigenvalue weighted by atomic mass is 10.1. The number of hydrogen-bond acceptors (Lipinski definition) is 4. The van der Waals surface area contributed by atoms with E-state index in [9.17, 15) is 0 Å². The third-order valence-electron chi connectivity index (χ3n) is 3.02. The molecule has 0 bridgehead atoms. The highest BCUT2D eigenvalue weighted by Gasteiger charge is 2.12. The number of benzene rings is 1. The Hall–Kier alpha value is -2.01. The van der Waals surface area contributed by atoms with Crippen LogP contribution in [-0.4, -0.2) is 30.7 Å². The van der Waals surface area contributed by atoms with Crippen molar-refractivity contribution >= 4 is 0 Å². The van der Waals surface area contributed by atoms with Crippen LogP contribution >= 0.6 is 0 Å². The highest BCUT2D eigenvalue weighted by atomic mass is 16.5. The first-order valence-electron chi connectivity index (χ1n) is 6.16. The monoisotopic (exact) mass is 261 g/mol. The van der Waals surface area contributed by atoms with Crippen LogP contribution in [0.4, 0.5) is 0 Å². The molecule has 2 rings (SSSR count). The van der Waals surface area contributed by atoms with Gasteiger partial charge in [0, 0.05) is 12.0 Å². The van der Waals surface area contributed by atoms with Crippen LogP contribution in [0.25, 0.3) is 11.3 Å². The summed E-state index contributed by atoms with van der Waals surface area (Å²) in [6.07, 6.45) is 2.52. The fraction of sp³-hybridized carbons (Fsp3) is 0.357. The van der Waals surface area contributed by atoms with Crippen molar-refractivity contribution in [3.8, 4) is 22.8 Å². The van der Waals surface area contributed by atoms with E-state index in [0.29, 0.717) is 6.54 Å². The normalized spacial score (nSPS) is 10.5. The molecule has 0 amide bonds. The molecule has 0 radical (unpaired) electrons. The van der Waals surface area contributed by atoms with Gasteiger partial charge < -0.3 is 20.2 Å². The number of nitrogens with one attached hydrogen (secondary N) is 1. The van der Waals surface area contributed by atoms with Gasteiger partial charge in [0.05, 0.1) is 26.1 Å². The Morgan fingerprint density at radius 3 is 2.58 bits per heavy atom. The Bertz CT molecular complexity index is 564. The van der Waals surface area contributed by atoms with E-state index in [1.807, 2.05) is 19.1 Å². The van der Waals surface area contributed by atoms with Crippen LogP contribution in [0.5, 0.6) is 11.5 Å². The summed E-state index contributed by atoms with van der Waals surface area (Å²) >= 11 is 0. The van der Waals surface area contributed by atoms with Crippen molar-refractivity contribution in [2.75, 3.05) is 20.8 Å². The van der Waals surface area contributed by atoms with Crippen molar-refractivity contribution in [3.05, 3.63) is 29.7 Å². The molecular weight excluding hydrogens is 242 g/mol. The Kier molecular flexibility index (Phi) is 4.06. The van der Waals surface area contributed by atoms with Crippen LogP contribution in [0.2, 0.25) is 0 Å². The molecule has 2 aromatic rings. The quantitative estimate of drug-likeness (QED) is 0.862. The van der Waals surface area contributed by atoms with Crippen LogP contribution in [-0.2, 0) is 6.42 Å². The van der Waals surface area contributed by atoms with Crippen LogP contribution in [0, 0.1) is 6.92 Å². The van der Waals surface area contributed by atoms with Gasteiger partial charge >= 0.3 is 0 Å². The lowest BCUT2D eigenvalue weighted by Gasteiger charge is -2.11. The predicted octanol–water partition coefficient (Wildman–Crippen LogP) is 1.90. The van der Waals surface area contributed by atoms with E-state index in [4.69, 9.17) is 15.2 Å². The molecule has 1 heterocycles. The molecule has 1 aromatic carbocycles. The zero-order valence-corrected chi connectivity index (χ0v) is 11.5. The summed E-state index contributed by atoms with van der Waals surface area (Å²) in [7, 11) is 3.31. The molecular formula is C14H19N3O2. The predicted molar refractivity (Wildman–Crippen MR) is 74.6 cm³/mol. The summed E-state index contributed by atoms with van der Waals surface area (Å²) in [5, 5.41) is 0. The highest BCUT2D eigenvalue weighted by molar-refractivity contribution is 5.70. The smallest absolute Gasteiger partial charge is 0.128 e. The summed E-state index contributed by atoms with van der Waals surface area (Å²) in [5.41, 5.74) is 8.39. The van der Waals surface area contributed by atoms with E-state index in [1.54, 1.807) is 20.4 Å². The fourth-order valence-electron chi connectivity index (χ4n) is 2.02. The van der Waals surface area contributed by atoms with Crippen LogP contribution in [0.3, 0.4) is 0 Å². The molecule has 0 aliphatic carbocycles. The van der Waals surface area contributed by atoms with Gasteiger partial charge in [-0.15, -0.1) is 0 Å². The molecule has 0 saturated heterocycles. The van der Waals surface area contributed by atoms with Crippen molar-refractivity contribution in [3.63, 3.8) is 0 Å². The van der Waals surface area contributed by atoms with Gasteiger partial charge in [-0.05, 0) is 31.2 Å². The van der Waals surface area contributed by atoms with Crippen LogP contribution in [0.15, 0.2) is 18.3 Å². The summed E-state index contributed by atoms with van der Waals surface area (Å²) in [4.78, 5) is 7.55. The Morgan fingerprint density at radius 1 is 1.21 bits per heavy atom. The van der Waals surface area contributed by atoms with Crippen molar-refractivity contribution in [2.24, 2.45) is 5.73 Å². The maximum atomic E-state index is 5.53. The number of nitrogens with two attached hydrogens (primary N) is 1. The van der Waals surface area contributed by atoms with Gasteiger partial charge in [0.1, 0.15) is 17.3 Å². The molecule has 19 heavy (non-hydrogen) atoms. The molecule has 0 fully saturated rings. The highest BCUT2D eigenvalue weighted by Crippen LogP contribution is 2.34. The minimum absolute atomic E-state index is 0.571. The van der Waals surface area contributed by atoms with Crippen molar-refractivity contribution in [1.82, 2.24) is 9.97 Å². The zero-order valence-electron chi connectivity index (χ0n) is 11.5. The van der Waals surface area contributed by atoms with Gasteiger partial charge in [0.25, 0.3) is 0 Å². The van der Waals surface area contributed by atoms with E-state index in [2.05, 4.69) is 9.97 Å². The van der Waals surface area contributed by atoms with E-state index in [-0.39, 0.29) is 0 Å². The van der Waals surface area contributed by atoms with Gasteiger partial charge in [-0.1, -0.05) is 0 Å². The number of nitrogens with zero attached hydrogens (tertiary/aromatic N) is 1. The molecule has 5 nitrogen and oxygen atoms in total. The number of aryl methyl sites for hydroxylation is 1. The third-order valence-corrected chi connectivity index (χ3v) is 3.02. The topological polar surface area (TPSA) is 73.2 Å². The molecule has 0 atom stereocenters. The van der Waals surface area contributed by atoms with Gasteiger partial charge in [-0.2, -0.15) is 0 Å². The first-order valence-corrected chi connectivity index (χ1v) is 6.16. The molecule has 0 aliphatic heterocycles. The molecule has 1 aromatic heterocycles. The molecule has 5 heteroatoms. The van der Waals surface area contributed by atoms with Crippen molar-refractivity contribution in [1.29, 1.82) is 0 Å². The molecule has 0 unspecified atom stereocenters. The van der Waals surface area contributed by atoms with Gasteiger partial charge in [0.15, 0.2) is 0 Å². The molecule has 102 valence electrons.